The highest BCUT2D eigenvalue weighted by Crippen LogP contribution is 2.31. The number of rotatable bonds is 5. The van der Waals surface area contributed by atoms with Gasteiger partial charge in [-0.05, 0) is 25.0 Å². The molecule has 0 saturated carbocycles. The summed E-state index contributed by atoms with van der Waals surface area (Å²) < 4.78 is 0.902. The molecule has 0 radical (unpaired) electrons. The molecule has 4 N–H and O–H groups in total. The molecule has 0 bridgehead atoms. The van der Waals surface area contributed by atoms with Crippen molar-refractivity contribution in [3.63, 3.8) is 0 Å². The highest BCUT2D eigenvalue weighted by molar-refractivity contribution is 7.21. The van der Waals surface area contributed by atoms with E-state index in [-0.39, 0.29) is 12.0 Å². The van der Waals surface area contributed by atoms with Crippen LogP contribution >= 0.6 is 11.3 Å². The zero-order valence-corrected chi connectivity index (χ0v) is 11.5. The van der Waals surface area contributed by atoms with Gasteiger partial charge >= 0.3 is 0 Å². The van der Waals surface area contributed by atoms with E-state index >= 15 is 0 Å². The largest absolute Gasteiger partial charge is 0.396 e. The van der Waals surface area contributed by atoms with Crippen LogP contribution in [0.2, 0.25) is 0 Å². The van der Waals surface area contributed by atoms with Crippen molar-refractivity contribution in [2.75, 3.05) is 12.3 Å². The zero-order chi connectivity index (χ0) is 13.8. The smallest absolute Gasteiger partial charge is 0.263 e. The molecular formula is C13H17N3O2S. The number of fused-ring (bicyclic) bond motifs is 1. The molecule has 1 unspecified atom stereocenters. The number of nitrogen functional groups attached to an aromatic ring is 1. The van der Waals surface area contributed by atoms with Crippen molar-refractivity contribution in [2.45, 2.75) is 25.9 Å². The number of anilines is 1. The number of amides is 1. The fourth-order valence-corrected chi connectivity index (χ4v) is 2.75. The minimum atomic E-state index is -0.373. The number of hydrogen-bond acceptors (Lipinski definition) is 5. The molecule has 2 aromatic rings. The number of thiophene rings is 1. The molecule has 1 amide bonds. The summed E-state index contributed by atoms with van der Waals surface area (Å²) in [6.45, 7) is 2.34. The molecule has 19 heavy (non-hydrogen) atoms. The van der Waals surface area contributed by atoms with Gasteiger partial charge in [-0.15, -0.1) is 11.3 Å². The predicted molar refractivity (Wildman–Crippen MR) is 77.3 cm³/mol. The van der Waals surface area contributed by atoms with Crippen LogP contribution in [0.5, 0.6) is 0 Å². The van der Waals surface area contributed by atoms with E-state index in [4.69, 9.17) is 5.73 Å². The first-order valence-corrected chi connectivity index (χ1v) is 7.04. The number of nitrogens with zero attached hydrogens (tertiary/aromatic N) is 1. The van der Waals surface area contributed by atoms with Gasteiger partial charge in [-0.25, -0.2) is 0 Å². The van der Waals surface area contributed by atoms with Crippen molar-refractivity contribution in [3.05, 3.63) is 23.2 Å². The van der Waals surface area contributed by atoms with Crippen LogP contribution in [0.4, 0.5) is 5.69 Å². The van der Waals surface area contributed by atoms with Crippen LogP contribution in [0.15, 0.2) is 18.3 Å². The lowest BCUT2D eigenvalue weighted by atomic mass is 10.2. The average Bonchev–Trinajstić information content (AvgIpc) is 2.76. The first-order chi connectivity index (χ1) is 9.13. The van der Waals surface area contributed by atoms with Crippen molar-refractivity contribution in [3.8, 4) is 0 Å². The van der Waals surface area contributed by atoms with Crippen molar-refractivity contribution in [1.29, 1.82) is 0 Å². The molecule has 0 saturated heterocycles. The van der Waals surface area contributed by atoms with E-state index in [9.17, 15) is 9.90 Å². The number of pyridine rings is 1. The third-order valence-electron chi connectivity index (χ3n) is 2.92. The fourth-order valence-electron chi connectivity index (χ4n) is 1.75. The molecule has 0 aliphatic heterocycles. The summed E-state index contributed by atoms with van der Waals surface area (Å²) in [6, 6.07) is 3.71. The van der Waals surface area contributed by atoms with Gasteiger partial charge in [0.25, 0.3) is 5.91 Å². The van der Waals surface area contributed by atoms with E-state index in [0.29, 0.717) is 35.5 Å². The van der Waals surface area contributed by atoms with Crippen LogP contribution in [0.3, 0.4) is 0 Å². The van der Waals surface area contributed by atoms with E-state index in [1.165, 1.54) is 11.3 Å². The predicted octanol–water partition coefficient (Wildman–Crippen LogP) is 1.77. The van der Waals surface area contributed by atoms with Gasteiger partial charge in [0.05, 0.1) is 16.5 Å². The molecule has 0 aliphatic rings. The molecule has 0 aliphatic carbocycles. The fraction of sp³-hybridized carbons (Fsp3) is 0.385. The molecule has 2 rings (SSSR count). The number of aromatic nitrogens is 1. The molecular weight excluding hydrogens is 262 g/mol. The Hall–Kier alpha value is -1.66. The Kier molecular flexibility index (Phi) is 4.34. The van der Waals surface area contributed by atoms with Crippen LogP contribution in [-0.4, -0.2) is 28.6 Å². The summed E-state index contributed by atoms with van der Waals surface area (Å²) in [7, 11) is 0. The van der Waals surface area contributed by atoms with Crippen LogP contribution < -0.4 is 11.1 Å². The van der Waals surface area contributed by atoms with Gasteiger partial charge in [0, 0.05) is 12.7 Å². The van der Waals surface area contributed by atoms with E-state index in [2.05, 4.69) is 10.3 Å². The molecule has 0 fully saturated rings. The zero-order valence-electron chi connectivity index (χ0n) is 10.7. The van der Waals surface area contributed by atoms with Gasteiger partial charge in [0.2, 0.25) is 0 Å². The van der Waals surface area contributed by atoms with E-state index < -0.39 is 0 Å². The average molecular weight is 279 g/mol. The number of aliphatic hydroxyl groups excluding tert-OH is 1. The number of nitrogens with one attached hydrogen (secondary N) is 1. The molecule has 5 nitrogen and oxygen atoms in total. The maximum atomic E-state index is 12.0. The topological polar surface area (TPSA) is 88.2 Å². The SMILES string of the molecule is CCC(O)CCNC(=O)c1sc2cccnc2c1N. The first kappa shape index (κ1) is 13.8. The third kappa shape index (κ3) is 3.02. The summed E-state index contributed by atoms with van der Waals surface area (Å²) >= 11 is 1.33. The molecule has 6 heteroatoms. The normalized spacial score (nSPS) is 12.5. The maximum Gasteiger partial charge on any atom is 0.263 e. The summed E-state index contributed by atoms with van der Waals surface area (Å²) in [5, 5.41) is 12.2. The second-order valence-electron chi connectivity index (χ2n) is 4.30. The highest BCUT2D eigenvalue weighted by atomic mass is 32.1. The monoisotopic (exact) mass is 279 g/mol. The number of aliphatic hydroxyl groups is 1. The van der Waals surface area contributed by atoms with Gasteiger partial charge in [-0.1, -0.05) is 6.92 Å². The van der Waals surface area contributed by atoms with Crippen molar-refractivity contribution in [1.82, 2.24) is 10.3 Å². The van der Waals surface area contributed by atoms with Gasteiger partial charge < -0.3 is 16.2 Å². The van der Waals surface area contributed by atoms with Gasteiger partial charge in [-0.2, -0.15) is 0 Å². The van der Waals surface area contributed by atoms with Crippen LogP contribution in [0.1, 0.15) is 29.4 Å². The number of carbonyl (C=O) groups excluding carboxylic acids is 1. The Balaban J connectivity index is 2.07. The van der Waals surface area contributed by atoms with Gasteiger partial charge in [0.1, 0.15) is 10.4 Å². The van der Waals surface area contributed by atoms with Crippen molar-refractivity contribution < 1.29 is 9.90 Å². The van der Waals surface area contributed by atoms with Crippen LogP contribution in [0.25, 0.3) is 10.2 Å². The Morgan fingerprint density at radius 1 is 1.63 bits per heavy atom. The number of nitrogens with two attached hydrogens (primary N) is 1. The number of carbonyl (C=O) groups is 1. The van der Waals surface area contributed by atoms with Crippen LogP contribution in [-0.2, 0) is 0 Å². The number of hydrogen-bond donors (Lipinski definition) is 3. The summed E-state index contributed by atoms with van der Waals surface area (Å²) in [4.78, 5) is 16.7. The minimum absolute atomic E-state index is 0.205. The Bertz CT molecular complexity index is 582. The van der Waals surface area contributed by atoms with E-state index in [1.807, 2.05) is 19.1 Å². The quantitative estimate of drug-likeness (QED) is 0.778. The summed E-state index contributed by atoms with van der Waals surface area (Å²) in [6.07, 6.45) is 2.52. The Morgan fingerprint density at radius 2 is 2.42 bits per heavy atom. The minimum Gasteiger partial charge on any atom is -0.396 e. The second-order valence-corrected chi connectivity index (χ2v) is 5.35. The first-order valence-electron chi connectivity index (χ1n) is 6.22. The Morgan fingerprint density at radius 3 is 3.11 bits per heavy atom. The summed E-state index contributed by atoms with van der Waals surface area (Å²) in [5.41, 5.74) is 7.03. The molecule has 1 atom stereocenters. The summed E-state index contributed by atoms with van der Waals surface area (Å²) in [5.74, 6) is -0.205. The lowest BCUT2D eigenvalue weighted by molar-refractivity contribution is 0.0947. The lowest BCUT2D eigenvalue weighted by Crippen LogP contribution is -2.26. The van der Waals surface area contributed by atoms with E-state index in [0.717, 1.165) is 4.70 Å². The van der Waals surface area contributed by atoms with Gasteiger partial charge in [-0.3, -0.25) is 9.78 Å². The van der Waals surface area contributed by atoms with Crippen molar-refractivity contribution in [2.24, 2.45) is 0 Å². The third-order valence-corrected chi connectivity index (χ3v) is 4.08. The van der Waals surface area contributed by atoms with Gasteiger partial charge in [0.15, 0.2) is 0 Å². The van der Waals surface area contributed by atoms with Crippen molar-refractivity contribution >= 4 is 33.1 Å². The Labute approximate surface area is 115 Å². The molecule has 0 spiro atoms. The standard InChI is InChI=1S/C13H17N3O2S/c1-2-8(17)5-7-16-13(18)12-10(14)11-9(19-12)4-3-6-15-11/h3-4,6,8,17H,2,5,7,14H2,1H3,(H,16,18). The maximum absolute atomic E-state index is 12.0. The van der Waals surface area contributed by atoms with E-state index in [1.54, 1.807) is 6.20 Å². The molecule has 2 aromatic heterocycles. The van der Waals surface area contributed by atoms with Crippen LogP contribution in [0, 0.1) is 0 Å². The lowest BCUT2D eigenvalue weighted by Gasteiger charge is -2.08. The second kappa shape index (κ2) is 5.99. The molecule has 2 heterocycles. The highest BCUT2D eigenvalue weighted by Gasteiger charge is 2.16. The molecule has 0 aromatic carbocycles. The molecule has 102 valence electrons.